The number of hydrogen-bond donors (Lipinski definition) is 2. The Morgan fingerprint density at radius 3 is 2.66 bits per heavy atom. The Kier molecular flexibility index (Phi) is 7.65. The minimum Gasteiger partial charge on any atom is -0.384 e. The Bertz CT molecular complexity index is 1510. The largest absolute Gasteiger partial charge is 0.384 e. The van der Waals surface area contributed by atoms with E-state index >= 15 is 0 Å². The quantitative estimate of drug-likeness (QED) is 0.345. The molecule has 1 aliphatic heterocycles. The lowest BCUT2D eigenvalue weighted by molar-refractivity contribution is -0.116. The van der Waals surface area contributed by atoms with Gasteiger partial charge in [-0.1, -0.05) is 68.9 Å². The number of nitriles is 1. The molecule has 2 aromatic carbocycles. The fraction of sp³-hybridized carbons (Fsp3) is 0.222. The number of thioether (sulfide) groups is 1. The molecule has 1 atom stereocenters. The van der Waals surface area contributed by atoms with E-state index in [9.17, 15) is 14.9 Å². The molecule has 0 bridgehead atoms. The number of anilines is 2. The Morgan fingerprint density at radius 1 is 1.21 bits per heavy atom. The van der Waals surface area contributed by atoms with Crippen LogP contribution in [-0.4, -0.2) is 27.6 Å². The first kappa shape index (κ1) is 26.2. The Hall–Kier alpha value is -3.46. The molecule has 2 heterocycles. The van der Waals surface area contributed by atoms with Crippen molar-refractivity contribution < 1.29 is 9.59 Å². The smallest absolute Gasteiger partial charge is 0.234 e. The number of carbonyl (C=O) groups is 2. The number of halogens is 1. The third-order valence-electron chi connectivity index (χ3n) is 6.37. The third-order valence-corrected chi connectivity index (χ3v) is 8.94. The normalized spacial score (nSPS) is 17.3. The van der Waals surface area contributed by atoms with Crippen LogP contribution in [0.15, 0.2) is 80.0 Å². The van der Waals surface area contributed by atoms with Gasteiger partial charge in [0.15, 0.2) is 10.1 Å². The number of nitrogens with zero attached hydrogens (tertiary/aromatic N) is 4. The zero-order valence-electron chi connectivity index (χ0n) is 20.4. The van der Waals surface area contributed by atoms with E-state index in [2.05, 4.69) is 37.5 Å². The molecule has 1 aromatic heterocycles. The van der Waals surface area contributed by atoms with Gasteiger partial charge < -0.3 is 11.1 Å². The first-order valence-electron chi connectivity index (χ1n) is 11.9. The summed E-state index contributed by atoms with van der Waals surface area (Å²) in [5.41, 5.74) is 11.0. The van der Waals surface area contributed by atoms with Crippen molar-refractivity contribution in [2.45, 2.75) is 36.4 Å². The maximum absolute atomic E-state index is 13.2. The van der Waals surface area contributed by atoms with Crippen LogP contribution in [0.3, 0.4) is 0 Å². The molecule has 5 rings (SSSR count). The van der Waals surface area contributed by atoms with Crippen molar-refractivity contribution in [3.8, 4) is 6.07 Å². The zero-order valence-corrected chi connectivity index (χ0v) is 23.6. The lowest BCUT2D eigenvalue weighted by Gasteiger charge is -2.38. The van der Waals surface area contributed by atoms with Crippen molar-refractivity contribution in [2.24, 2.45) is 5.73 Å². The maximum atomic E-state index is 13.2. The molecular weight excluding hydrogens is 584 g/mol. The monoisotopic (exact) mass is 606 g/mol. The molecule has 11 heteroatoms. The fourth-order valence-corrected chi connectivity index (χ4v) is 6.55. The molecule has 3 N–H and O–H groups in total. The van der Waals surface area contributed by atoms with Crippen molar-refractivity contribution in [2.75, 3.05) is 16.0 Å². The number of aromatic nitrogens is 2. The first-order valence-corrected chi connectivity index (χ1v) is 14.5. The molecule has 8 nitrogen and oxygen atoms in total. The van der Waals surface area contributed by atoms with Gasteiger partial charge in [0.25, 0.3) is 0 Å². The van der Waals surface area contributed by atoms with E-state index in [1.54, 1.807) is 4.90 Å². The minimum absolute atomic E-state index is 0.0193. The van der Waals surface area contributed by atoms with Crippen LogP contribution in [0.2, 0.25) is 0 Å². The van der Waals surface area contributed by atoms with E-state index < -0.39 is 5.92 Å². The number of Topliss-reactive ketones (excluding diaryl/α,β-unsaturated/α-hetero) is 1. The van der Waals surface area contributed by atoms with Crippen LogP contribution >= 0.6 is 39.0 Å². The second-order valence-electron chi connectivity index (χ2n) is 8.92. The number of aryl methyl sites for hydroxylation is 1. The van der Waals surface area contributed by atoms with E-state index in [4.69, 9.17) is 5.73 Å². The number of hydrogen-bond acceptors (Lipinski definition) is 9. The number of nitrogens with one attached hydrogen (secondary N) is 1. The minimum atomic E-state index is -0.510. The highest BCUT2D eigenvalue weighted by Gasteiger charge is 2.41. The van der Waals surface area contributed by atoms with Gasteiger partial charge in [-0.05, 0) is 49.6 Å². The average molecular weight is 608 g/mol. The molecule has 0 spiro atoms. The van der Waals surface area contributed by atoms with Crippen molar-refractivity contribution in [1.29, 1.82) is 5.26 Å². The van der Waals surface area contributed by atoms with E-state index in [0.29, 0.717) is 45.6 Å². The van der Waals surface area contributed by atoms with Crippen LogP contribution < -0.4 is 16.0 Å². The summed E-state index contributed by atoms with van der Waals surface area (Å²) in [6, 6.07) is 17.5. The highest BCUT2D eigenvalue weighted by atomic mass is 79.9. The highest BCUT2D eigenvalue weighted by molar-refractivity contribution is 9.10. The number of benzene rings is 2. The van der Waals surface area contributed by atoms with E-state index in [1.807, 2.05) is 55.5 Å². The molecule has 1 amide bonds. The lowest BCUT2D eigenvalue weighted by Crippen LogP contribution is -2.38. The van der Waals surface area contributed by atoms with Crippen molar-refractivity contribution >= 4 is 61.5 Å². The molecule has 0 saturated heterocycles. The number of rotatable bonds is 6. The molecular formula is C27H23BrN6O2S2. The SMILES string of the molecule is Cc1ccc(C2C(C#N)=C(N)N(c3nnc(SCC(=O)Nc4ccc(Br)cc4)s3)C3=C2C(=O)CCC3)cc1. The average Bonchev–Trinajstić information content (AvgIpc) is 3.37. The van der Waals surface area contributed by atoms with Crippen LogP contribution in [0, 0.1) is 18.3 Å². The van der Waals surface area contributed by atoms with Crippen LogP contribution in [-0.2, 0) is 9.59 Å². The van der Waals surface area contributed by atoms with Gasteiger partial charge >= 0.3 is 0 Å². The van der Waals surface area contributed by atoms with Crippen LogP contribution in [0.25, 0.3) is 0 Å². The predicted molar refractivity (Wildman–Crippen MR) is 153 cm³/mol. The van der Waals surface area contributed by atoms with Gasteiger partial charge in [0.05, 0.1) is 23.3 Å². The Morgan fingerprint density at radius 2 is 1.95 bits per heavy atom. The summed E-state index contributed by atoms with van der Waals surface area (Å²) in [5.74, 6) is -0.245. The summed E-state index contributed by atoms with van der Waals surface area (Å²) in [7, 11) is 0. The summed E-state index contributed by atoms with van der Waals surface area (Å²) in [5, 5.41) is 22.0. The standard InChI is InChI=1S/C27H23BrN6O2S2/c1-15-5-7-16(8-6-15)23-19(13-29)25(30)34(20-3-2-4-21(35)24(20)23)26-32-33-27(38-26)37-14-22(36)31-18-11-9-17(28)10-12-18/h5-12,23H,2-4,14,30H2,1H3,(H,31,36). The number of ketones is 1. The molecule has 0 fully saturated rings. The summed E-state index contributed by atoms with van der Waals surface area (Å²) in [4.78, 5) is 27.4. The maximum Gasteiger partial charge on any atom is 0.234 e. The number of allylic oxidation sites excluding steroid dienone is 3. The molecule has 0 saturated carbocycles. The second-order valence-corrected chi connectivity index (χ2v) is 12.0. The van der Waals surface area contributed by atoms with Gasteiger partial charge in [0, 0.05) is 27.9 Å². The molecule has 192 valence electrons. The molecule has 0 radical (unpaired) electrons. The van der Waals surface area contributed by atoms with Crippen molar-refractivity contribution in [1.82, 2.24) is 10.2 Å². The Balaban J connectivity index is 1.41. The highest BCUT2D eigenvalue weighted by Crippen LogP contribution is 2.47. The van der Waals surface area contributed by atoms with E-state index in [1.165, 1.54) is 23.1 Å². The summed E-state index contributed by atoms with van der Waals surface area (Å²) in [6.07, 6.45) is 1.76. The fourth-order valence-electron chi connectivity index (χ4n) is 4.61. The van der Waals surface area contributed by atoms with E-state index in [0.717, 1.165) is 21.3 Å². The number of nitrogens with two attached hydrogens (primary N) is 1. The van der Waals surface area contributed by atoms with Gasteiger partial charge in [-0.3, -0.25) is 14.5 Å². The van der Waals surface area contributed by atoms with Crippen LogP contribution in [0.5, 0.6) is 0 Å². The van der Waals surface area contributed by atoms with Gasteiger partial charge in [-0.25, -0.2) is 0 Å². The predicted octanol–water partition coefficient (Wildman–Crippen LogP) is 5.64. The van der Waals surface area contributed by atoms with Gasteiger partial charge in [0.1, 0.15) is 5.82 Å². The van der Waals surface area contributed by atoms with Crippen molar-refractivity contribution in [3.63, 3.8) is 0 Å². The Labute approximate surface area is 236 Å². The molecule has 1 aliphatic carbocycles. The second kappa shape index (κ2) is 11.1. The topological polar surface area (TPSA) is 125 Å². The lowest BCUT2D eigenvalue weighted by atomic mass is 9.75. The van der Waals surface area contributed by atoms with Gasteiger partial charge in [-0.15, -0.1) is 10.2 Å². The number of amides is 1. The molecule has 2 aliphatic rings. The zero-order chi connectivity index (χ0) is 26.8. The van der Waals surface area contributed by atoms with Gasteiger partial charge in [-0.2, -0.15) is 5.26 Å². The van der Waals surface area contributed by atoms with E-state index in [-0.39, 0.29) is 23.3 Å². The summed E-state index contributed by atoms with van der Waals surface area (Å²) < 4.78 is 1.52. The van der Waals surface area contributed by atoms with Crippen LogP contribution in [0.4, 0.5) is 10.8 Å². The molecule has 38 heavy (non-hydrogen) atoms. The van der Waals surface area contributed by atoms with Crippen molar-refractivity contribution in [3.05, 3.63) is 86.8 Å². The summed E-state index contributed by atoms with van der Waals surface area (Å²) >= 11 is 5.91. The number of carbonyl (C=O) groups excluding carboxylic acids is 2. The first-order chi connectivity index (χ1) is 18.4. The summed E-state index contributed by atoms with van der Waals surface area (Å²) in [6.45, 7) is 1.99. The molecule has 1 unspecified atom stereocenters. The molecule has 3 aromatic rings. The van der Waals surface area contributed by atoms with Crippen LogP contribution in [0.1, 0.15) is 36.3 Å². The van der Waals surface area contributed by atoms with Gasteiger partial charge in [0.2, 0.25) is 11.0 Å². The third kappa shape index (κ3) is 5.25.